The van der Waals surface area contributed by atoms with E-state index in [0.29, 0.717) is 10.6 Å². The van der Waals surface area contributed by atoms with Gasteiger partial charge in [0.15, 0.2) is 0 Å². The molecule has 0 aliphatic carbocycles. The van der Waals surface area contributed by atoms with Gasteiger partial charge in [0.25, 0.3) is 5.91 Å². The summed E-state index contributed by atoms with van der Waals surface area (Å²) >= 11 is 6.11. The van der Waals surface area contributed by atoms with Gasteiger partial charge in [0.05, 0.1) is 11.6 Å². The molecule has 1 amide bonds. The zero-order chi connectivity index (χ0) is 16.8. The normalized spacial score (nSPS) is 17.1. The fraction of sp³-hybridized carbons (Fsp3) is 0.263. The van der Waals surface area contributed by atoms with Gasteiger partial charge in [-0.2, -0.15) is 5.26 Å². The van der Waals surface area contributed by atoms with Crippen LogP contribution in [-0.2, 0) is 5.54 Å². The minimum Gasteiger partial charge on any atom is -0.309 e. The van der Waals surface area contributed by atoms with Crippen molar-refractivity contribution in [2.45, 2.75) is 32.4 Å². The van der Waals surface area contributed by atoms with Crippen LogP contribution < -0.4 is 0 Å². The molecule has 1 heterocycles. The van der Waals surface area contributed by atoms with Crippen molar-refractivity contribution in [3.63, 3.8) is 0 Å². The Bertz CT molecular complexity index is 836. The average Bonchev–Trinajstić information content (AvgIpc) is 2.81. The van der Waals surface area contributed by atoms with Crippen LogP contribution in [0.1, 0.15) is 46.9 Å². The van der Waals surface area contributed by atoms with Crippen molar-refractivity contribution in [1.29, 1.82) is 5.26 Å². The molecule has 0 radical (unpaired) electrons. The van der Waals surface area contributed by atoms with Gasteiger partial charge in [-0.1, -0.05) is 41.9 Å². The van der Waals surface area contributed by atoms with E-state index in [1.54, 1.807) is 11.0 Å². The SMILES string of the molecule is Cc1cccc2c1C(=O)N(C(C)(C)c1cccc(Cl)c1)C2C#N. The summed E-state index contributed by atoms with van der Waals surface area (Å²) in [5.74, 6) is -0.102. The number of rotatable bonds is 2. The molecule has 0 N–H and O–H groups in total. The lowest BCUT2D eigenvalue weighted by Gasteiger charge is -2.38. The Balaban J connectivity index is 2.15. The summed E-state index contributed by atoms with van der Waals surface area (Å²) in [6, 6.07) is 14.8. The molecule has 3 nitrogen and oxygen atoms in total. The number of hydrogen-bond donors (Lipinski definition) is 0. The molecule has 116 valence electrons. The van der Waals surface area contributed by atoms with Crippen LogP contribution in [-0.4, -0.2) is 10.8 Å². The van der Waals surface area contributed by atoms with Crippen molar-refractivity contribution in [1.82, 2.24) is 4.90 Å². The lowest BCUT2D eigenvalue weighted by atomic mass is 9.91. The van der Waals surface area contributed by atoms with E-state index >= 15 is 0 Å². The molecule has 2 aromatic carbocycles. The Kier molecular flexibility index (Phi) is 3.66. The highest BCUT2D eigenvalue weighted by molar-refractivity contribution is 6.30. The van der Waals surface area contributed by atoms with Gasteiger partial charge in [-0.05, 0) is 44.0 Å². The summed E-state index contributed by atoms with van der Waals surface area (Å²) in [4.78, 5) is 14.7. The van der Waals surface area contributed by atoms with Crippen molar-refractivity contribution < 1.29 is 4.79 Å². The largest absolute Gasteiger partial charge is 0.309 e. The van der Waals surface area contributed by atoms with E-state index in [2.05, 4.69) is 6.07 Å². The quantitative estimate of drug-likeness (QED) is 0.810. The highest BCUT2D eigenvalue weighted by Crippen LogP contribution is 2.43. The van der Waals surface area contributed by atoms with Crippen LogP contribution >= 0.6 is 11.6 Å². The van der Waals surface area contributed by atoms with E-state index in [-0.39, 0.29) is 5.91 Å². The summed E-state index contributed by atoms with van der Waals surface area (Å²) in [5.41, 5.74) is 2.59. The van der Waals surface area contributed by atoms with E-state index in [9.17, 15) is 10.1 Å². The molecule has 0 saturated heterocycles. The molecule has 0 fully saturated rings. The van der Waals surface area contributed by atoms with E-state index in [0.717, 1.165) is 16.7 Å². The van der Waals surface area contributed by atoms with Crippen LogP contribution in [0.5, 0.6) is 0 Å². The number of benzene rings is 2. The highest BCUT2D eigenvalue weighted by Gasteiger charge is 2.46. The minimum absolute atomic E-state index is 0.102. The van der Waals surface area contributed by atoms with Gasteiger partial charge in [-0.15, -0.1) is 0 Å². The van der Waals surface area contributed by atoms with Crippen LogP contribution in [0.15, 0.2) is 42.5 Å². The molecule has 0 aromatic heterocycles. The maximum atomic E-state index is 13.0. The maximum absolute atomic E-state index is 13.0. The summed E-state index contributed by atoms with van der Waals surface area (Å²) in [7, 11) is 0. The van der Waals surface area contributed by atoms with Gasteiger partial charge in [-0.25, -0.2) is 0 Å². The lowest BCUT2D eigenvalue weighted by molar-refractivity contribution is 0.0521. The average molecular weight is 325 g/mol. The number of nitriles is 1. The molecule has 1 aliphatic rings. The van der Waals surface area contributed by atoms with Gasteiger partial charge in [0, 0.05) is 16.1 Å². The molecule has 1 atom stereocenters. The smallest absolute Gasteiger partial charge is 0.256 e. The van der Waals surface area contributed by atoms with Crippen molar-refractivity contribution in [2.75, 3.05) is 0 Å². The lowest BCUT2D eigenvalue weighted by Crippen LogP contribution is -2.43. The molecule has 23 heavy (non-hydrogen) atoms. The third-order valence-electron chi connectivity index (χ3n) is 4.55. The molecule has 2 aromatic rings. The molecule has 0 spiro atoms. The molecule has 0 saturated carbocycles. The Labute approximate surface area is 141 Å². The maximum Gasteiger partial charge on any atom is 0.256 e. The molecule has 3 rings (SSSR count). The standard InChI is InChI=1S/C19H17ClN2O/c1-12-6-4-9-15-16(11-21)22(18(23)17(12)15)19(2,3)13-7-5-8-14(20)10-13/h4-10,16H,1-3H3. The minimum atomic E-state index is -0.645. The second-order valence-corrected chi connectivity index (χ2v) is 6.75. The molecular formula is C19H17ClN2O. The van der Waals surface area contributed by atoms with Gasteiger partial charge >= 0.3 is 0 Å². The first-order valence-corrected chi connectivity index (χ1v) is 7.84. The van der Waals surface area contributed by atoms with E-state index in [1.165, 1.54) is 0 Å². The number of fused-ring (bicyclic) bond motifs is 1. The third-order valence-corrected chi connectivity index (χ3v) is 4.78. The first-order chi connectivity index (χ1) is 10.9. The van der Waals surface area contributed by atoms with Crippen molar-refractivity contribution in [3.05, 3.63) is 69.7 Å². The number of nitrogens with zero attached hydrogens (tertiary/aromatic N) is 2. The number of carbonyl (C=O) groups is 1. The third kappa shape index (κ3) is 2.31. The van der Waals surface area contributed by atoms with Gasteiger partial charge < -0.3 is 4.90 Å². The Morgan fingerprint density at radius 1 is 1.22 bits per heavy atom. The first-order valence-electron chi connectivity index (χ1n) is 7.46. The van der Waals surface area contributed by atoms with E-state index < -0.39 is 11.6 Å². The molecule has 4 heteroatoms. The van der Waals surface area contributed by atoms with E-state index in [4.69, 9.17) is 11.6 Å². The summed E-state index contributed by atoms with van der Waals surface area (Å²) in [5, 5.41) is 10.3. The van der Waals surface area contributed by atoms with Crippen LogP contribution in [0.4, 0.5) is 0 Å². The molecule has 1 aliphatic heterocycles. The van der Waals surface area contributed by atoms with E-state index in [1.807, 2.05) is 57.2 Å². The summed E-state index contributed by atoms with van der Waals surface area (Å²) in [6.07, 6.45) is 0. The molecule has 1 unspecified atom stereocenters. The highest BCUT2D eigenvalue weighted by atomic mass is 35.5. The van der Waals surface area contributed by atoms with Gasteiger partial charge in [0.2, 0.25) is 0 Å². The Morgan fingerprint density at radius 3 is 2.57 bits per heavy atom. The predicted molar refractivity (Wildman–Crippen MR) is 90.2 cm³/mol. The van der Waals surface area contributed by atoms with Crippen LogP contribution in [0.3, 0.4) is 0 Å². The first kappa shape index (κ1) is 15.6. The second kappa shape index (κ2) is 5.40. The summed E-state index contributed by atoms with van der Waals surface area (Å²) < 4.78 is 0. The number of hydrogen-bond acceptors (Lipinski definition) is 2. The number of carbonyl (C=O) groups excluding carboxylic acids is 1. The fourth-order valence-corrected chi connectivity index (χ4v) is 3.49. The fourth-order valence-electron chi connectivity index (χ4n) is 3.30. The Hall–Kier alpha value is -2.31. The monoisotopic (exact) mass is 324 g/mol. The van der Waals surface area contributed by atoms with Crippen LogP contribution in [0.2, 0.25) is 5.02 Å². The molecule has 0 bridgehead atoms. The number of aryl methyl sites for hydroxylation is 1. The Morgan fingerprint density at radius 2 is 1.91 bits per heavy atom. The molecular weight excluding hydrogens is 308 g/mol. The summed E-state index contributed by atoms with van der Waals surface area (Å²) in [6.45, 7) is 5.80. The number of amides is 1. The van der Waals surface area contributed by atoms with Gasteiger partial charge in [-0.3, -0.25) is 4.79 Å². The van der Waals surface area contributed by atoms with Crippen molar-refractivity contribution >= 4 is 17.5 Å². The number of halogens is 1. The zero-order valence-electron chi connectivity index (χ0n) is 13.3. The van der Waals surface area contributed by atoms with Gasteiger partial charge in [0.1, 0.15) is 6.04 Å². The second-order valence-electron chi connectivity index (χ2n) is 6.32. The topological polar surface area (TPSA) is 44.1 Å². The predicted octanol–water partition coefficient (Wildman–Crippen LogP) is 4.60. The van der Waals surface area contributed by atoms with Crippen LogP contribution in [0.25, 0.3) is 0 Å². The van der Waals surface area contributed by atoms with Crippen LogP contribution in [0, 0.1) is 18.3 Å². The zero-order valence-corrected chi connectivity index (χ0v) is 14.1. The van der Waals surface area contributed by atoms with Crippen molar-refractivity contribution in [3.8, 4) is 6.07 Å². The van der Waals surface area contributed by atoms with Crippen molar-refractivity contribution in [2.24, 2.45) is 0 Å².